The molecule has 1 rings (SSSR count). The molecule has 15 heavy (non-hydrogen) atoms. The molecule has 0 aliphatic heterocycles. The number of ether oxygens (including phenoxy) is 2. The third-order valence-electron chi connectivity index (χ3n) is 2.64. The number of rotatable bonds is 4. The Bertz CT molecular complexity index is 334. The predicted octanol–water partition coefficient (Wildman–Crippen LogP) is 2.11. The first-order chi connectivity index (χ1) is 7.15. The molecule has 0 heterocycles. The summed E-state index contributed by atoms with van der Waals surface area (Å²) in [5.74, 6) is 1.59. The number of hydrogen-bond acceptors (Lipinski definition) is 3. The van der Waals surface area contributed by atoms with Gasteiger partial charge in [-0.05, 0) is 24.1 Å². The summed E-state index contributed by atoms with van der Waals surface area (Å²) in [4.78, 5) is 0. The van der Waals surface area contributed by atoms with Gasteiger partial charge in [-0.15, -0.1) is 0 Å². The fourth-order valence-corrected chi connectivity index (χ4v) is 1.73. The summed E-state index contributed by atoms with van der Waals surface area (Å²) in [6.45, 7) is 4.09. The molecule has 1 aromatic carbocycles. The van der Waals surface area contributed by atoms with E-state index in [0.29, 0.717) is 0 Å². The lowest BCUT2D eigenvalue weighted by atomic mass is 9.96. The average Bonchev–Trinajstić information content (AvgIpc) is 2.27. The fraction of sp³-hybridized carbons (Fsp3) is 0.500. The molecule has 0 saturated carbocycles. The monoisotopic (exact) mass is 210 g/mol. The van der Waals surface area contributed by atoms with E-state index in [2.05, 4.69) is 0 Å². The number of methoxy groups -OCH3 is 2. The number of hydrogen-bond donors (Lipinski definition) is 1. The van der Waals surface area contributed by atoms with E-state index in [1.54, 1.807) is 14.2 Å². The second-order valence-electron chi connectivity index (χ2n) is 3.60. The van der Waals surface area contributed by atoms with Crippen molar-refractivity contribution >= 4 is 0 Å². The third kappa shape index (κ3) is 2.23. The Balaban J connectivity index is 3.22. The van der Waals surface area contributed by atoms with E-state index in [1.807, 2.05) is 26.0 Å². The van der Waals surface area contributed by atoms with Gasteiger partial charge >= 0.3 is 0 Å². The van der Waals surface area contributed by atoms with Crippen LogP contribution in [-0.4, -0.2) is 25.9 Å². The molecule has 0 saturated heterocycles. The van der Waals surface area contributed by atoms with Gasteiger partial charge in [-0.25, -0.2) is 0 Å². The van der Waals surface area contributed by atoms with Crippen LogP contribution in [0.2, 0.25) is 0 Å². The van der Waals surface area contributed by atoms with Gasteiger partial charge in [-0.1, -0.05) is 13.0 Å². The number of aliphatic hydroxyl groups is 1. The second kappa shape index (κ2) is 5.03. The van der Waals surface area contributed by atoms with Gasteiger partial charge in [0.1, 0.15) is 0 Å². The molecule has 0 radical (unpaired) electrons. The van der Waals surface area contributed by atoms with Gasteiger partial charge in [0.15, 0.2) is 11.5 Å². The Morgan fingerprint density at radius 2 is 1.93 bits per heavy atom. The molecule has 0 amide bonds. The average molecular weight is 210 g/mol. The molecule has 0 aliphatic carbocycles. The van der Waals surface area contributed by atoms with Crippen LogP contribution in [-0.2, 0) is 0 Å². The van der Waals surface area contributed by atoms with Crippen molar-refractivity contribution in [2.24, 2.45) is 0 Å². The first kappa shape index (κ1) is 11.9. The van der Waals surface area contributed by atoms with Gasteiger partial charge in [0, 0.05) is 12.5 Å². The van der Waals surface area contributed by atoms with Crippen LogP contribution in [0.1, 0.15) is 24.0 Å². The van der Waals surface area contributed by atoms with Crippen molar-refractivity contribution < 1.29 is 14.6 Å². The maximum atomic E-state index is 9.13. The Hall–Kier alpha value is -1.22. The van der Waals surface area contributed by atoms with Crippen molar-refractivity contribution in [2.45, 2.75) is 19.8 Å². The van der Waals surface area contributed by atoms with Crippen LogP contribution in [0.3, 0.4) is 0 Å². The van der Waals surface area contributed by atoms with Crippen LogP contribution in [0.4, 0.5) is 0 Å². The van der Waals surface area contributed by atoms with E-state index in [4.69, 9.17) is 14.6 Å². The maximum Gasteiger partial charge on any atom is 0.163 e. The first-order valence-corrected chi connectivity index (χ1v) is 4.98. The number of aliphatic hydroxyl groups excluding tert-OH is 1. The Labute approximate surface area is 90.6 Å². The molecule has 3 heteroatoms. The van der Waals surface area contributed by atoms with Crippen LogP contribution in [0.15, 0.2) is 12.1 Å². The predicted molar refractivity (Wildman–Crippen MR) is 59.8 cm³/mol. The Kier molecular flexibility index (Phi) is 3.97. The fourth-order valence-electron chi connectivity index (χ4n) is 1.73. The maximum absolute atomic E-state index is 9.13. The SMILES string of the molecule is COc1ccc(C(C)CO)c(C)c1OC. The van der Waals surface area contributed by atoms with E-state index in [0.717, 1.165) is 22.6 Å². The van der Waals surface area contributed by atoms with Crippen molar-refractivity contribution in [1.82, 2.24) is 0 Å². The molecule has 0 bridgehead atoms. The van der Waals surface area contributed by atoms with E-state index >= 15 is 0 Å². The van der Waals surface area contributed by atoms with Gasteiger partial charge in [0.25, 0.3) is 0 Å². The molecule has 1 atom stereocenters. The van der Waals surface area contributed by atoms with Gasteiger partial charge in [0.05, 0.1) is 14.2 Å². The van der Waals surface area contributed by atoms with E-state index in [-0.39, 0.29) is 12.5 Å². The second-order valence-corrected chi connectivity index (χ2v) is 3.60. The van der Waals surface area contributed by atoms with Crippen LogP contribution >= 0.6 is 0 Å². The van der Waals surface area contributed by atoms with Crippen molar-refractivity contribution in [3.05, 3.63) is 23.3 Å². The van der Waals surface area contributed by atoms with E-state index < -0.39 is 0 Å². The van der Waals surface area contributed by atoms with Crippen LogP contribution < -0.4 is 9.47 Å². The highest BCUT2D eigenvalue weighted by Gasteiger charge is 2.14. The quantitative estimate of drug-likeness (QED) is 0.827. The van der Waals surface area contributed by atoms with Crippen molar-refractivity contribution in [1.29, 1.82) is 0 Å². The standard InChI is InChI=1S/C12H18O3/c1-8(7-13)10-5-6-11(14-3)12(15-4)9(10)2/h5-6,8,13H,7H2,1-4H3. The highest BCUT2D eigenvalue weighted by Crippen LogP contribution is 2.35. The lowest BCUT2D eigenvalue weighted by Gasteiger charge is -2.17. The molecule has 3 nitrogen and oxygen atoms in total. The molecule has 84 valence electrons. The molecule has 1 N–H and O–H groups in total. The minimum atomic E-state index is 0.116. The van der Waals surface area contributed by atoms with Gasteiger partial charge in [-0.3, -0.25) is 0 Å². The minimum absolute atomic E-state index is 0.116. The smallest absolute Gasteiger partial charge is 0.163 e. The Morgan fingerprint density at radius 1 is 1.27 bits per heavy atom. The molecular weight excluding hydrogens is 192 g/mol. The molecule has 0 aromatic heterocycles. The summed E-state index contributed by atoms with van der Waals surface area (Å²) in [6.07, 6.45) is 0. The van der Waals surface area contributed by atoms with Crippen molar-refractivity contribution in [3.8, 4) is 11.5 Å². The summed E-state index contributed by atoms with van der Waals surface area (Å²) in [5.41, 5.74) is 2.12. The van der Waals surface area contributed by atoms with Crippen LogP contribution in [0.5, 0.6) is 11.5 Å². The lowest BCUT2D eigenvalue weighted by Crippen LogP contribution is -2.03. The summed E-state index contributed by atoms with van der Waals surface area (Å²) in [6, 6.07) is 3.84. The highest BCUT2D eigenvalue weighted by atomic mass is 16.5. The zero-order chi connectivity index (χ0) is 11.4. The third-order valence-corrected chi connectivity index (χ3v) is 2.64. The largest absolute Gasteiger partial charge is 0.493 e. The van der Waals surface area contributed by atoms with Crippen LogP contribution in [0, 0.1) is 6.92 Å². The molecule has 0 aliphatic rings. The summed E-state index contributed by atoms with van der Waals surface area (Å²) in [5, 5.41) is 9.13. The Morgan fingerprint density at radius 3 is 2.40 bits per heavy atom. The van der Waals surface area contributed by atoms with Gasteiger partial charge in [0.2, 0.25) is 0 Å². The van der Waals surface area contributed by atoms with Gasteiger partial charge < -0.3 is 14.6 Å². The first-order valence-electron chi connectivity index (χ1n) is 4.98. The molecule has 0 fully saturated rings. The summed E-state index contributed by atoms with van der Waals surface area (Å²) >= 11 is 0. The van der Waals surface area contributed by atoms with E-state index in [1.165, 1.54) is 0 Å². The normalized spacial score (nSPS) is 12.3. The zero-order valence-electron chi connectivity index (χ0n) is 9.70. The summed E-state index contributed by atoms with van der Waals surface area (Å²) < 4.78 is 10.5. The molecule has 1 aromatic rings. The molecular formula is C12H18O3. The molecule has 0 spiro atoms. The highest BCUT2D eigenvalue weighted by molar-refractivity contribution is 5.51. The topological polar surface area (TPSA) is 38.7 Å². The van der Waals surface area contributed by atoms with Gasteiger partial charge in [-0.2, -0.15) is 0 Å². The van der Waals surface area contributed by atoms with Crippen molar-refractivity contribution in [3.63, 3.8) is 0 Å². The van der Waals surface area contributed by atoms with E-state index in [9.17, 15) is 0 Å². The summed E-state index contributed by atoms with van der Waals surface area (Å²) in [7, 11) is 3.24. The van der Waals surface area contributed by atoms with Crippen LogP contribution in [0.25, 0.3) is 0 Å². The zero-order valence-corrected chi connectivity index (χ0v) is 9.70. The van der Waals surface area contributed by atoms with Crippen molar-refractivity contribution in [2.75, 3.05) is 20.8 Å². The minimum Gasteiger partial charge on any atom is -0.493 e. The molecule has 1 unspecified atom stereocenters. The number of benzene rings is 1. The lowest BCUT2D eigenvalue weighted by molar-refractivity contribution is 0.272.